The Kier molecular flexibility index (Phi) is 2.14. The molecule has 0 aliphatic heterocycles. The first-order valence-corrected chi connectivity index (χ1v) is 5.13. The Balaban J connectivity index is 2.95. The predicted molar refractivity (Wildman–Crippen MR) is 55.6 cm³/mol. The third kappa shape index (κ3) is 1.18. The van der Waals surface area contributed by atoms with Gasteiger partial charge in [-0.3, -0.25) is 0 Å². The lowest BCUT2D eigenvalue weighted by Gasteiger charge is -1.95. The molecule has 0 radical (unpaired) electrons. The van der Waals surface area contributed by atoms with E-state index in [0.29, 0.717) is 5.15 Å². The molecule has 0 spiro atoms. The van der Waals surface area contributed by atoms with Gasteiger partial charge in [0.2, 0.25) is 0 Å². The van der Waals surface area contributed by atoms with Gasteiger partial charge in [0, 0.05) is 12.4 Å². The summed E-state index contributed by atoms with van der Waals surface area (Å²) in [6.07, 6.45) is 3.50. The number of fused-ring (bicyclic) bond motifs is 1. The van der Waals surface area contributed by atoms with Crippen LogP contribution in [0, 0.1) is 0 Å². The molecule has 0 aromatic carbocycles. The zero-order valence-electron chi connectivity index (χ0n) is 5.76. The predicted octanol–water partition coefficient (Wildman–Crippen LogP) is 3.51. The van der Waals surface area contributed by atoms with Gasteiger partial charge < -0.3 is 4.40 Å². The van der Waals surface area contributed by atoms with Gasteiger partial charge in [0.15, 0.2) is 5.15 Å². The molecule has 5 heteroatoms. The smallest absolute Gasteiger partial charge is 0.153 e. The molecular weight excluding hydrogens is 307 g/mol. The van der Waals surface area contributed by atoms with E-state index in [1.165, 1.54) is 0 Å². The summed E-state index contributed by atoms with van der Waals surface area (Å²) >= 11 is 12.7. The number of halogens is 3. The first kappa shape index (κ1) is 8.53. The lowest BCUT2D eigenvalue weighted by atomic mass is 10.5. The molecule has 2 aromatic rings. The van der Waals surface area contributed by atoms with Crippen LogP contribution in [0.4, 0.5) is 0 Å². The van der Waals surface area contributed by atoms with Crippen molar-refractivity contribution in [2.24, 2.45) is 0 Å². The minimum Gasteiger partial charge on any atom is -0.306 e. The zero-order valence-corrected chi connectivity index (χ0v) is 9.69. The minimum absolute atomic E-state index is 0.504. The highest BCUT2D eigenvalue weighted by Gasteiger charge is 2.07. The summed E-state index contributed by atoms with van der Waals surface area (Å²) in [4.78, 5) is 3.96. The lowest BCUT2D eigenvalue weighted by molar-refractivity contribution is 1.11. The molecule has 0 saturated carbocycles. The molecule has 62 valence electrons. The number of hydrogen-bond donors (Lipinski definition) is 0. The van der Waals surface area contributed by atoms with Gasteiger partial charge in [0.25, 0.3) is 0 Å². The summed E-state index contributed by atoms with van der Waals surface area (Å²) in [6, 6.07) is 1.92. The molecule has 2 heterocycles. The summed E-state index contributed by atoms with van der Waals surface area (Å²) in [5.74, 6) is 0. The maximum absolute atomic E-state index is 5.87. The maximum atomic E-state index is 5.87. The zero-order chi connectivity index (χ0) is 8.72. The second-order valence-electron chi connectivity index (χ2n) is 2.26. The second kappa shape index (κ2) is 3.01. The van der Waals surface area contributed by atoms with Gasteiger partial charge in [-0.2, -0.15) is 0 Å². The normalized spacial score (nSPS) is 10.9. The van der Waals surface area contributed by atoms with Crippen molar-refractivity contribution in [2.75, 3.05) is 0 Å². The molecule has 0 aliphatic carbocycles. The summed E-state index contributed by atoms with van der Waals surface area (Å²) in [7, 11) is 0. The van der Waals surface area contributed by atoms with Gasteiger partial charge in [-0.05, 0) is 37.9 Å². The highest BCUT2D eigenvalue weighted by Crippen LogP contribution is 2.29. The third-order valence-corrected chi connectivity index (χ3v) is 3.78. The molecule has 0 bridgehead atoms. The van der Waals surface area contributed by atoms with Crippen LogP contribution >= 0.6 is 43.5 Å². The monoisotopic (exact) mass is 308 g/mol. The Morgan fingerprint density at radius 1 is 1.42 bits per heavy atom. The van der Waals surface area contributed by atoms with Crippen LogP contribution in [0.25, 0.3) is 5.52 Å². The molecule has 0 saturated heterocycles. The standard InChI is InChI=1S/C7H3Br2ClN2/c8-4-3-5-7(10)11-1-2-12(5)6(4)9/h1-3H. The van der Waals surface area contributed by atoms with Gasteiger partial charge in [0.1, 0.15) is 4.60 Å². The third-order valence-electron chi connectivity index (χ3n) is 1.55. The number of nitrogens with zero attached hydrogens (tertiary/aromatic N) is 2. The summed E-state index contributed by atoms with van der Waals surface area (Å²) in [6.45, 7) is 0. The van der Waals surface area contributed by atoms with E-state index in [1.807, 2.05) is 16.7 Å². The van der Waals surface area contributed by atoms with Crippen molar-refractivity contribution >= 4 is 49.0 Å². The van der Waals surface area contributed by atoms with E-state index < -0.39 is 0 Å². The van der Waals surface area contributed by atoms with E-state index >= 15 is 0 Å². The van der Waals surface area contributed by atoms with E-state index in [9.17, 15) is 0 Å². The molecule has 2 aromatic heterocycles. The number of hydrogen-bond acceptors (Lipinski definition) is 1. The van der Waals surface area contributed by atoms with E-state index in [2.05, 4.69) is 36.8 Å². The Hall–Kier alpha value is -0.0600. The molecule has 0 N–H and O–H groups in total. The van der Waals surface area contributed by atoms with Crippen LogP contribution in [-0.2, 0) is 0 Å². The van der Waals surface area contributed by atoms with Gasteiger partial charge in [-0.1, -0.05) is 11.6 Å². The Morgan fingerprint density at radius 2 is 2.17 bits per heavy atom. The van der Waals surface area contributed by atoms with E-state index in [-0.39, 0.29) is 0 Å². The van der Waals surface area contributed by atoms with Gasteiger partial charge in [0.05, 0.1) is 9.99 Å². The van der Waals surface area contributed by atoms with E-state index in [0.717, 1.165) is 14.6 Å². The van der Waals surface area contributed by atoms with Crippen LogP contribution in [0.3, 0.4) is 0 Å². The van der Waals surface area contributed by atoms with Crippen LogP contribution in [0.2, 0.25) is 5.15 Å². The molecular formula is C7H3Br2ClN2. The van der Waals surface area contributed by atoms with Crippen molar-refractivity contribution in [3.8, 4) is 0 Å². The molecule has 0 atom stereocenters. The number of aromatic nitrogens is 2. The molecule has 0 unspecified atom stereocenters. The molecule has 0 aliphatic rings. The highest BCUT2D eigenvalue weighted by atomic mass is 79.9. The van der Waals surface area contributed by atoms with Crippen molar-refractivity contribution in [2.45, 2.75) is 0 Å². The minimum atomic E-state index is 0.504. The Morgan fingerprint density at radius 3 is 2.83 bits per heavy atom. The summed E-state index contributed by atoms with van der Waals surface area (Å²) in [5.41, 5.74) is 0.887. The van der Waals surface area contributed by atoms with Gasteiger partial charge >= 0.3 is 0 Å². The average Bonchev–Trinajstić information content (AvgIpc) is 2.32. The van der Waals surface area contributed by atoms with Crippen LogP contribution < -0.4 is 0 Å². The molecule has 12 heavy (non-hydrogen) atoms. The van der Waals surface area contributed by atoms with Crippen LogP contribution in [0.15, 0.2) is 27.5 Å². The first-order chi connectivity index (χ1) is 5.70. The Labute approximate surface area is 90.8 Å². The fourth-order valence-corrected chi connectivity index (χ4v) is 2.04. The van der Waals surface area contributed by atoms with Crippen molar-refractivity contribution in [3.05, 3.63) is 32.7 Å². The van der Waals surface area contributed by atoms with Crippen molar-refractivity contribution in [1.29, 1.82) is 0 Å². The first-order valence-electron chi connectivity index (χ1n) is 3.16. The molecule has 0 amide bonds. The van der Waals surface area contributed by atoms with Crippen LogP contribution in [0.1, 0.15) is 0 Å². The maximum Gasteiger partial charge on any atom is 0.153 e. The molecule has 2 rings (SSSR count). The highest BCUT2D eigenvalue weighted by molar-refractivity contribution is 9.13. The average molecular weight is 310 g/mol. The Bertz CT molecular complexity index is 438. The fraction of sp³-hybridized carbons (Fsp3) is 0. The summed E-state index contributed by atoms with van der Waals surface area (Å²) in [5, 5.41) is 0.504. The van der Waals surface area contributed by atoms with Crippen molar-refractivity contribution in [3.63, 3.8) is 0 Å². The van der Waals surface area contributed by atoms with Crippen LogP contribution in [0.5, 0.6) is 0 Å². The van der Waals surface area contributed by atoms with Gasteiger partial charge in [-0.25, -0.2) is 4.98 Å². The van der Waals surface area contributed by atoms with E-state index in [1.54, 1.807) is 6.20 Å². The SMILES string of the molecule is Clc1nccn2c(Br)c(Br)cc12. The quantitative estimate of drug-likeness (QED) is 0.728. The lowest BCUT2D eigenvalue weighted by Crippen LogP contribution is -1.85. The van der Waals surface area contributed by atoms with E-state index in [4.69, 9.17) is 11.6 Å². The largest absolute Gasteiger partial charge is 0.306 e. The van der Waals surface area contributed by atoms with Crippen molar-refractivity contribution in [1.82, 2.24) is 9.38 Å². The van der Waals surface area contributed by atoms with Crippen molar-refractivity contribution < 1.29 is 0 Å². The summed E-state index contributed by atoms with van der Waals surface area (Å²) < 4.78 is 3.83. The molecule has 2 nitrogen and oxygen atoms in total. The second-order valence-corrected chi connectivity index (χ2v) is 4.22. The molecule has 0 fully saturated rings. The van der Waals surface area contributed by atoms with Gasteiger partial charge in [-0.15, -0.1) is 0 Å². The van der Waals surface area contributed by atoms with Crippen LogP contribution in [-0.4, -0.2) is 9.38 Å². The number of rotatable bonds is 0. The fourth-order valence-electron chi connectivity index (χ4n) is 1.01. The topological polar surface area (TPSA) is 17.3 Å².